The van der Waals surface area contributed by atoms with Crippen LogP contribution in [0.2, 0.25) is 0 Å². The molecule has 24 heavy (non-hydrogen) atoms. The van der Waals surface area contributed by atoms with Crippen LogP contribution in [0.1, 0.15) is 26.3 Å². The molecule has 0 fully saturated rings. The predicted molar refractivity (Wildman–Crippen MR) is 92.8 cm³/mol. The molecular formula is C16H19N7O. The van der Waals surface area contributed by atoms with Crippen LogP contribution in [-0.2, 0) is 4.79 Å². The molecular weight excluding hydrogens is 306 g/mol. The van der Waals surface area contributed by atoms with Crippen molar-refractivity contribution in [3.05, 3.63) is 35.4 Å². The fraction of sp³-hybridized carbons (Fsp3) is 0.312. The van der Waals surface area contributed by atoms with Gasteiger partial charge in [-0.25, -0.2) is 0 Å². The SMILES string of the molecule is CCN(CC)c1ccc(/C=C2\C(=O)N(c3nn[nH]n3)N=C2C)cc1. The number of hydrazone groups is 1. The topological polar surface area (TPSA) is 90.4 Å². The molecule has 8 nitrogen and oxygen atoms in total. The van der Waals surface area contributed by atoms with Gasteiger partial charge in [0.2, 0.25) is 0 Å². The summed E-state index contributed by atoms with van der Waals surface area (Å²) in [5, 5.41) is 18.7. The molecule has 0 atom stereocenters. The van der Waals surface area contributed by atoms with Crippen LogP contribution >= 0.6 is 0 Å². The van der Waals surface area contributed by atoms with E-state index in [2.05, 4.69) is 56.6 Å². The van der Waals surface area contributed by atoms with Gasteiger partial charge < -0.3 is 4.90 Å². The first-order chi connectivity index (χ1) is 11.6. The Hall–Kier alpha value is -3.03. The number of aromatic nitrogens is 4. The van der Waals surface area contributed by atoms with Crippen LogP contribution in [0, 0.1) is 0 Å². The number of nitrogens with one attached hydrogen (secondary N) is 1. The fourth-order valence-corrected chi connectivity index (χ4v) is 2.60. The smallest absolute Gasteiger partial charge is 0.293 e. The molecule has 8 heteroatoms. The number of nitrogens with zero attached hydrogens (tertiary/aromatic N) is 6. The van der Waals surface area contributed by atoms with E-state index in [-0.39, 0.29) is 11.9 Å². The maximum atomic E-state index is 12.5. The van der Waals surface area contributed by atoms with E-state index < -0.39 is 0 Å². The summed E-state index contributed by atoms with van der Waals surface area (Å²) >= 11 is 0. The van der Waals surface area contributed by atoms with Crippen LogP contribution in [0.5, 0.6) is 0 Å². The summed E-state index contributed by atoms with van der Waals surface area (Å²) in [5.74, 6) is -0.124. The molecule has 1 aromatic carbocycles. The zero-order valence-electron chi connectivity index (χ0n) is 13.9. The number of carbonyl (C=O) groups is 1. The highest BCUT2D eigenvalue weighted by molar-refractivity contribution is 6.31. The van der Waals surface area contributed by atoms with Crippen molar-refractivity contribution in [1.29, 1.82) is 0 Å². The summed E-state index contributed by atoms with van der Waals surface area (Å²) in [6.07, 6.45) is 1.83. The number of amides is 1. The summed E-state index contributed by atoms with van der Waals surface area (Å²) in [5.41, 5.74) is 3.26. The van der Waals surface area contributed by atoms with Gasteiger partial charge >= 0.3 is 0 Å². The van der Waals surface area contributed by atoms with Gasteiger partial charge in [-0.05, 0) is 49.8 Å². The molecule has 0 radical (unpaired) electrons. The predicted octanol–water partition coefficient (Wildman–Crippen LogP) is 1.85. The normalized spacial score (nSPS) is 16.0. The Morgan fingerprint density at radius 3 is 2.50 bits per heavy atom. The van der Waals surface area contributed by atoms with Crippen molar-refractivity contribution in [1.82, 2.24) is 20.6 Å². The van der Waals surface area contributed by atoms with Crippen molar-refractivity contribution < 1.29 is 4.79 Å². The molecule has 3 rings (SSSR count). The molecule has 1 aromatic heterocycles. The Labute approximate surface area is 139 Å². The van der Waals surface area contributed by atoms with Crippen molar-refractivity contribution >= 4 is 29.3 Å². The monoisotopic (exact) mass is 325 g/mol. The molecule has 2 aromatic rings. The minimum absolute atomic E-state index is 0.139. The lowest BCUT2D eigenvalue weighted by atomic mass is 10.1. The molecule has 1 aliphatic heterocycles. The molecule has 1 amide bonds. The lowest BCUT2D eigenvalue weighted by molar-refractivity contribution is -0.114. The third-order valence-electron chi connectivity index (χ3n) is 3.92. The Bertz CT molecular complexity index is 773. The number of H-pyrrole nitrogens is 1. The van der Waals surface area contributed by atoms with Crippen LogP contribution < -0.4 is 9.91 Å². The maximum absolute atomic E-state index is 12.5. The summed E-state index contributed by atoms with van der Waals surface area (Å²) in [6, 6.07) is 8.11. The van der Waals surface area contributed by atoms with Gasteiger partial charge in [0.15, 0.2) is 0 Å². The summed E-state index contributed by atoms with van der Waals surface area (Å²) < 4.78 is 0. The molecule has 2 heterocycles. The Kier molecular flexibility index (Phi) is 4.37. The van der Waals surface area contributed by atoms with E-state index in [9.17, 15) is 4.79 Å². The van der Waals surface area contributed by atoms with E-state index in [4.69, 9.17) is 0 Å². The Morgan fingerprint density at radius 2 is 1.92 bits per heavy atom. The third-order valence-corrected chi connectivity index (χ3v) is 3.92. The molecule has 0 saturated heterocycles. The van der Waals surface area contributed by atoms with E-state index in [0.717, 1.165) is 23.7 Å². The zero-order chi connectivity index (χ0) is 17.1. The number of aromatic amines is 1. The summed E-state index contributed by atoms with van der Waals surface area (Å²) in [7, 11) is 0. The summed E-state index contributed by atoms with van der Waals surface area (Å²) in [6.45, 7) is 7.96. The maximum Gasteiger partial charge on any atom is 0.293 e. The molecule has 0 unspecified atom stereocenters. The first kappa shape index (κ1) is 15.9. The average Bonchev–Trinajstić information content (AvgIpc) is 3.21. The van der Waals surface area contributed by atoms with Gasteiger partial charge in [0, 0.05) is 18.8 Å². The first-order valence-corrected chi connectivity index (χ1v) is 7.84. The Morgan fingerprint density at radius 1 is 1.21 bits per heavy atom. The van der Waals surface area contributed by atoms with Crippen molar-refractivity contribution in [2.45, 2.75) is 20.8 Å². The number of tetrazole rings is 1. The molecule has 1 N–H and O–H groups in total. The molecule has 0 saturated carbocycles. The summed E-state index contributed by atoms with van der Waals surface area (Å²) in [4.78, 5) is 14.8. The van der Waals surface area contributed by atoms with E-state index in [1.165, 1.54) is 5.69 Å². The lowest BCUT2D eigenvalue weighted by Crippen LogP contribution is -2.22. The fourth-order valence-electron chi connectivity index (χ4n) is 2.60. The van der Waals surface area contributed by atoms with Gasteiger partial charge in [-0.2, -0.15) is 15.3 Å². The Balaban J connectivity index is 1.84. The average molecular weight is 325 g/mol. The number of carbonyl (C=O) groups excluding carboxylic acids is 1. The van der Waals surface area contributed by atoms with Gasteiger partial charge in [-0.1, -0.05) is 17.2 Å². The lowest BCUT2D eigenvalue weighted by Gasteiger charge is -2.20. The van der Waals surface area contributed by atoms with E-state index >= 15 is 0 Å². The number of benzene rings is 1. The quantitative estimate of drug-likeness (QED) is 0.847. The second-order valence-electron chi connectivity index (χ2n) is 5.34. The zero-order valence-corrected chi connectivity index (χ0v) is 13.9. The highest BCUT2D eigenvalue weighted by Crippen LogP contribution is 2.22. The van der Waals surface area contributed by atoms with Crippen LogP contribution in [0.4, 0.5) is 11.6 Å². The van der Waals surface area contributed by atoms with Crippen molar-refractivity contribution in [2.75, 3.05) is 23.0 Å². The van der Waals surface area contributed by atoms with Gasteiger partial charge in [0.1, 0.15) is 0 Å². The van der Waals surface area contributed by atoms with Crippen molar-refractivity contribution in [3.8, 4) is 0 Å². The molecule has 0 aliphatic carbocycles. The molecule has 0 bridgehead atoms. The second-order valence-corrected chi connectivity index (χ2v) is 5.34. The van der Waals surface area contributed by atoms with Crippen LogP contribution in [-0.4, -0.2) is 45.3 Å². The molecule has 0 spiro atoms. The first-order valence-electron chi connectivity index (χ1n) is 7.84. The van der Waals surface area contributed by atoms with Crippen LogP contribution in [0.15, 0.2) is 34.9 Å². The highest BCUT2D eigenvalue weighted by Gasteiger charge is 2.31. The van der Waals surface area contributed by atoms with E-state index in [1.807, 2.05) is 18.2 Å². The standard InChI is InChI=1S/C16H19N7O/c1-4-22(5-2)13-8-6-12(7-9-13)10-14-11(3)19-23(15(14)24)16-17-20-21-18-16/h6-10H,4-5H2,1-3H3,(H,17,18,20,21)/b14-10-. The van der Waals surface area contributed by atoms with Crippen molar-refractivity contribution in [2.24, 2.45) is 5.10 Å². The van der Waals surface area contributed by atoms with Gasteiger partial charge in [-0.15, -0.1) is 5.10 Å². The van der Waals surface area contributed by atoms with Crippen LogP contribution in [0.25, 0.3) is 6.08 Å². The van der Waals surface area contributed by atoms with Gasteiger partial charge in [-0.3, -0.25) is 4.79 Å². The van der Waals surface area contributed by atoms with Gasteiger partial charge in [0.05, 0.1) is 11.3 Å². The number of anilines is 2. The number of hydrogen-bond acceptors (Lipinski definition) is 6. The number of rotatable bonds is 5. The largest absolute Gasteiger partial charge is 0.372 e. The van der Waals surface area contributed by atoms with Crippen molar-refractivity contribution in [3.63, 3.8) is 0 Å². The third kappa shape index (κ3) is 2.90. The van der Waals surface area contributed by atoms with E-state index in [1.54, 1.807) is 6.92 Å². The number of hydrogen-bond donors (Lipinski definition) is 1. The molecule has 124 valence electrons. The minimum Gasteiger partial charge on any atom is -0.372 e. The van der Waals surface area contributed by atoms with Gasteiger partial charge in [0.25, 0.3) is 11.9 Å². The second kappa shape index (κ2) is 6.61. The minimum atomic E-state index is -0.262. The van der Waals surface area contributed by atoms with E-state index in [0.29, 0.717) is 11.3 Å². The molecule has 1 aliphatic rings. The van der Waals surface area contributed by atoms with Crippen LogP contribution in [0.3, 0.4) is 0 Å². The highest BCUT2D eigenvalue weighted by atomic mass is 16.2.